The zero-order chi connectivity index (χ0) is 16.9. The van der Waals surface area contributed by atoms with E-state index in [-0.39, 0.29) is 6.04 Å². The van der Waals surface area contributed by atoms with E-state index >= 15 is 0 Å². The molecule has 1 aromatic heterocycles. The Morgan fingerprint density at radius 2 is 2.09 bits per heavy atom. The van der Waals surface area contributed by atoms with Gasteiger partial charge in [-0.1, -0.05) is 48.8 Å². The van der Waals surface area contributed by atoms with E-state index in [0.29, 0.717) is 5.69 Å². The molecular weight excluding hydrogens is 288 g/mol. The maximum absolute atomic E-state index is 12.5. The SMILES string of the molecule is C=CC#CC(C)(C)OC(=O)c1cncn1[C@H](C)c1ccccc1. The average Bonchev–Trinajstić information content (AvgIpc) is 3.02. The molecule has 0 saturated carbocycles. The van der Waals surface area contributed by atoms with Gasteiger partial charge in [0.2, 0.25) is 0 Å². The lowest BCUT2D eigenvalue weighted by molar-refractivity contribution is 0.0191. The molecule has 1 atom stereocenters. The second-order valence-electron chi connectivity index (χ2n) is 5.65. The van der Waals surface area contributed by atoms with Crippen LogP contribution in [0.2, 0.25) is 0 Å². The standard InChI is InChI=1S/C19H20N2O2/c1-5-6-12-19(3,4)23-18(22)17-13-20-14-21(17)15(2)16-10-8-7-9-11-16/h5,7-11,13-15H,1H2,2-4H3/t15-/m1/s1. The molecule has 0 aliphatic carbocycles. The maximum atomic E-state index is 12.5. The van der Waals surface area contributed by atoms with Crippen LogP contribution in [0.4, 0.5) is 0 Å². The molecule has 2 rings (SSSR count). The summed E-state index contributed by atoms with van der Waals surface area (Å²) in [6, 6.07) is 9.89. The van der Waals surface area contributed by atoms with Gasteiger partial charge in [-0.3, -0.25) is 0 Å². The van der Waals surface area contributed by atoms with Crippen LogP contribution in [0, 0.1) is 11.8 Å². The minimum atomic E-state index is -0.893. The Morgan fingerprint density at radius 3 is 2.74 bits per heavy atom. The topological polar surface area (TPSA) is 44.1 Å². The quantitative estimate of drug-likeness (QED) is 0.640. The minimum Gasteiger partial charge on any atom is -0.442 e. The van der Waals surface area contributed by atoms with Gasteiger partial charge in [-0.2, -0.15) is 0 Å². The summed E-state index contributed by atoms with van der Waals surface area (Å²) >= 11 is 0. The molecule has 0 bridgehead atoms. The van der Waals surface area contributed by atoms with Gasteiger partial charge in [-0.15, -0.1) is 0 Å². The van der Waals surface area contributed by atoms with E-state index in [9.17, 15) is 4.79 Å². The predicted octanol–water partition coefficient (Wildman–Crippen LogP) is 3.62. The molecule has 1 aromatic carbocycles. The molecule has 0 amide bonds. The Bertz CT molecular complexity index is 748. The number of benzene rings is 1. The molecule has 118 valence electrons. The Hall–Kier alpha value is -2.80. The monoisotopic (exact) mass is 308 g/mol. The normalized spacial score (nSPS) is 12.0. The van der Waals surface area contributed by atoms with Crippen LogP contribution < -0.4 is 0 Å². The molecule has 4 heteroatoms. The van der Waals surface area contributed by atoms with Gasteiger partial charge in [0.1, 0.15) is 5.69 Å². The van der Waals surface area contributed by atoms with E-state index in [1.165, 1.54) is 12.3 Å². The zero-order valence-corrected chi connectivity index (χ0v) is 13.6. The highest BCUT2D eigenvalue weighted by molar-refractivity contribution is 5.88. The van der Waals surface area contributed by atoms with Gasteiger partial charge in [0.05, 0.1) is 18.6 Å². The Morgan fingerprint density at radius 1 is 1.39 bits per heavy atom. The summed E-state index contributed by atoms with van der Waals surface area (Å²) in [5.74, 6) is 5.11. The van der Waals surface area contributed by atoms with Crippen LogP contribution in [0.1, 0.15) is 42.9 Å². The third-order valence-electron chi connectivity index (χ3n) is 3.40. The third-order valence-corrected chi connectivity index (χ3v) is 3.40. The number of allylic oxidation sites excluding steroid dienone is 1. The summed E-state index contributed by atoms with van der Waals surface area (Å²) in [5, 5.41) is 0. The fourth-order valence-corrected chi connectivity index (χ4v) is 2.20. The second-order valence-corrected chi connectivity index (χ2v) is 5.65. The minimum absolute atomic E-state index is 0.0244. The number of ether oxygens (including phenoxy) is 1. The van der Waals surface area contributed by atoms with Crippen LogP contribution in [0.25, 0.3) is 0 Å². The molecule has 1 heterocycles. The van der Waals surface area contributed by atoms with E-state index in [4.69, 9.17) is 4.74 Å². The molecule has 0 fully saturated rings. The molecule has 4 nitrogen and oxygen atoms in total. The lowest BCUT2D eigenvalue weighted by Gasteiger charge is -2.21. The fraction of sp³-hybridized carbons (Fsp3) is 0.263. The zero-order valence-electron chi connectivity index (χ0n) is 13.6. The van der Waals surface area contributed by atoms with Gasteiger partial charge >= 0.3 is 5.97 Å². The average molecular weight is 308 g/mol. The number of nitrogens with zero attached hydrogens (tertiary/aromatic N) is 2. The second kappa shape index (κ2) is 6.97. The predicted molar refractivity (Wildman–Crippen MR) is 89.9 cm³/mol. The number of hydrogen-bond acceptors (Lipinski definition) is 3. The van der Waals surface area contributed by atoms with E-state index in [0.717, 1.165) is 5.56 Å². The summed E-state index contributed by atoms with van der Waals surface area (Å²) in [6.07, 6.45) is 4.62. The molecule has 2 aromatic rings. The number of aromatic nitrogens is 2. The van der Waals surface area contributed by atoms with Crippen molar-refractivity contribution in [3.63, 3.8) is 0 Å². The Kier molecular flexibility index (Phi) is 5.02. The highest BCUT2D eigenvalue weighted by Crippen LogP contribution is 2.21. The molecule has 0 saturated heterocycles. The van der Waals surface area contributed by atoms with Crippen LogP contribution in [0.5, 0.6) is 0 Å². The Balaban J connectivity index is 2.24. The third kappa shape index (κ3) is 4.10. The number of rotatable bonds is 4. The largest absolute Gasteiger partial charge is 0.442 e. The van der Waals surface area contributed by atoms with Gasteiger partial charge in [0.25, 0.3) is 0 Å². The van der Waals surface area contributed by atoms with Crippen molar-refractivity contribution in [3.8, 4) is 11.8 Å². The number of esters is 1. The Labute approximate surface area is 136 Å². The highest BCUT2D eigenvalue weighted by Gasteiger charge is 2.25. The number of carbonyl (C=O) groups is 1. The maximum Gasteiger partial charge on any atom is 0.358 e. The van der Waals surface area contributed by atoms with E-state index in [2.05, 4.69) is 23.4 Å². The molecule has 0 aliphatic rings. The van der Waals surface area contributed by atoms with E-state index in [1.54, 1.807) is 24.7 Å². The van der Waals surface area contributed by atoms with Crippen molar-refractivity contribution in [1.29, 1.82) is 0 Å². The van der Waals surface area contributed by atoms with Gasteiger partial charge < -0.3 is 9.30 Å². The number of hydrogen-bond donors (Lipinski definition) is 0. The van der Waals surface area contributed by atoms with Crippen LogP contribution >= 0.6 is 0 Å². The van der Waals surface area contributed by atoms with Crippen molar-refractivity contribution in [1.82, 2.24) is 9.55 Å². The molecule has 0 radical (unpaired) electrons. The fourth-order valence-electron chi connectivity index (χ4n) is 2.20. The molecule has 23 heavy (non-hydrogen) atoms. The van der Waals surface area contributed by atoms with Gasteiger partial charge in [0, 0.05) is 0 Å². The van der Waals surface area contributed by atoms with Gasteiger partial charge in [-0.05, 0) is 32.4 Å². The van der Waals surface area contributed by atoms with Crippen LogP contribution in [-0.4, -0.2) is 21.1 Å². The summed E-state index contributed by atoms with van der Waals surface area (Å²) < 4.78 is 7.29. The van der Waals surface area contributed by atoms with Crippen molar-refractivity contribution in [2.75, 3.05) is 0 Å². The summed E-state index contributed by atoms with van der Waals surface area (Å²) in [5.41, 5.74) is 0.594. The lowest BCUT2D eigenvalue weighted by Crippen LogP contribution is -2.28. The van der Waals surface area contributed by atoms with Crippen LogP contribution in [-0.2, 0) is 4.74 Å². The van der Waals surface area contributed by atoms with Crippen molar-refractivity contribution >= 4 is 5.97 Å². The molecule has 0 unspecified atom stereocenters. The van der Waals surface area contributed by atoms with Crippen molar-refractivity contribution in [3.05, 3.63) is 66.8 Å². The van der Waals surface area contributed by atoms with Gasteiger partial charge in [-0.25, -0.2) is 9.78 Å². The summed E-state index contributed by atoms with van der Waals surface area (Å²) in [6.45, 7) is 9.02. The van der Waals surface area contributed by atoms with E-state index in [1.807, 2.05) is 37.3 Å². The number of imidazole rings is 1. The summed E-state index contributed by atoms with van der Waals surface area (Å²) in [7, 11) is 0. The first-order chi connectivity index (χ1) is 10.9. The number of carbonyl (C=O) groups excluding carboxylic acids is 1. The first-order valence-corrected chi connectivity index (χ1v) is 7.38. The lowest BCUT2D eigenvalue weighted by atomic mass is 10.1. The highest BCUT2D eigenvalue weighted by atomic mass is 16.6. The van der Waals surface area contributed by atoms with Crippen molar-refractivity contribution in [2.45, 2.75) is 32.4 Å². The first-order valence-electron chi connectivity index (χ1n) is 7.38. The molecular formula is C19H20N2O2. The van der Waals surface area contributed by atoms with Crippen LogP contribution in [0.15, 0.2) is 55.5 Å². The molecule has 0 N–H and O–H groups in total. The summed E-state index contributed by atoms with van der Waals surface area (Å²) in [4.78, 5) is 16.6. The molecule has 0 aliphatic heterocycles. The van der Waals surface area contributed by atoms with Crippen LogP contribution in [0.3, 0.4) is 0 Å². The molecule has 0 spiro atoms. The first kappa shape index (κ1) is 16.6. The van der Waals surface area contributed by atoms with Crippen molar-refractivity contribution in [2.24, 2.45) is 0 Å². The smallest absolute Gasteiger partial charge is 0.358 e. The van der Waals surface area contributed by atoms with E-state index < -0.39 is 11.6 Å². The van der Waals surface area contributed by atoms with Gasteiger partial charge in [0.15, 0.2) is 5.60 Å². The van der Waals surface area contributed by atoms with Crippen molar-refractivity contribution < 1.29 is 9.53 Å².